The van der Waals surface area contributed by atoms with Crippen molar-refractivity contribution >= 4 is 57.7 Å². The fourth-order valence-corrected chi connectivity index (χ4v) is 6.47. The lowest BCUT2D eigenvalue weighted by Gasteiger charge is -2.12. The number of para-hydroxylation sites is 1. The predicted octanol–water partition coefficient (Wildman–Crippen LogP) is 8.54. The number of nitrogens with one attached hydrogen (secondary N) is 3. The fraction of sp³-hybridized carbons (Fsp3) is 0.0732. The summed E-state index contributed by atoms with van der Waals surface area (Å²) >= 11 is 2.65. The van der Waals surface area contributed by atoms with Crippen LogP contribution in [0.5, 0.6) is 11.5 Å². The van der Waals surface area contributed by atoms with E-state index in [1.165, 1.54) is 23.1 Å². The predicted molar refractivity (Wildman–Crippen MR) is 208 cm³/mol. The molecule has 0 saturated carbocycles. The number of methoxy groups -OCH3 is 1. The summed E-state index contributed by atoms with van der Waals surface area (Å²) < 4.78 is 11.3. The minimum atomic E-state index is -0.511. The molecule has 6 rings (SSSR count). The fourth-order valence-electron chi connectivity index (χ4n) is 4.99. The van der Waals surface area contributed by atoms with E-state index in [0.29, 0.717) is 45.7 Å². The third kappa shape index (κ3) is 9.96. The van der Waals surface area contributed by atoms with Crippen LogP contribution in [0.1, 0.15) is 21.5 Å². The van der Waals surface area contributed by atoms with Crippen molar-refractivity contribution in [1.82, 2.24) is 10.3 Å². The van der Waals surface area contributed by atoms with Gasteiger partial charge < -0.3 is 25.4 Å². The molecular formula is C41H34N4O5S2. The summed E-state index contributed by atoms with van der Waals surface area (Å²) in [5.74, 6) is 0.356. The summed E-state index contributed by atoms with van der Waals surface area (Å²) in [5.41, 5.74) is 4.27. The number of thiazole rings is 1. The molecule has 1 heterocycles. The Hall–Kier alpha value is -6.17. The van der Waals surface area contributed by atoms with Crippen molar-refractivity contribution in [2.45, 2.75) is 11.5 Å². The van der Waals surface area contributed by atoms with E-state index in [4.69, 9.17) is 9.47 Å². The van der Waals surface area contributed by atoms with Crippen LogP contribution in [0, 0.1) is 0 Å². The van der Waals surface area contributed by atoms with E-state index < -0.39 is 11.8 Å². The molecule has 0 radical (unpaired) electrons. The number of nitrogens with zero attached hydrogens (tertiary/aromatic N) is 1. The summed E-state index contributed by atoms with van der Waals surface area (Å²) in [4.78, 5) is 44.9. The van der Waals surface area contributed by atoms with Gasteiger partial charge in [-0.15, -0.1) is 23.1 Å². The third-order valence-corrected chi connectivity index (χ3v) is 9.32. The number of carbonyl (C=O) groups is 3. The number of benzene rings is 5. The van der Waals surface area contributed by atoms with Crippen LogP contribution >= 0.6 is 23.1 Å². The molecule has 0 bridgehead atoms. The van der Waals surface area contributed by atoms with Crippen molar-refractivity contribution < 1.29 is 23.9 Å². The lowest BCUT2D eigenvalue weighted by Crippen LogP contribution is -2.30. The van der Waals surface area contributed by atoms with Gasteiger partial charge in [0, 0.05) is 27.1 Å². The minimum absolute atomic E-state index is 0.0557. The Morgan fingerprint density at radius 2 is 1.54 bits per heavy atom. The highest BCUT2D eigenvalue weighted by Crippen LogP contribution is 2.32. The number of anilines is 2. The number of amides is 3. The van der Waals surface area contributed by atoms with Crippen molar-refractivity contribution in [3.8, 4) is 22.8 Å². The maximum absolute atomic E-state index is 13.6. The number of thioether (sulfide) groups is 1. The van der Waals surface area contributed by atoms with Crippen LogP contribution in [0.15, 0.2) is 149 Å². The summed E-state index contributed by atoms with van der Waals surface area (Å²) in [6.45, 7) is 0.427. The molecule has 0 saturated heterocycles. The zero-order valence-electron chi connectivity index (χ0n) is 28.1. The molecule has 11 heteroatoms. The van der Waals surface area contributed by atoms with Gasteiger partial charge in [0.05, 0.1) is 18.6 Å². The Bertz CT molecular complexity index is 2170. The molecule has 0 aliphatic rings. The Morgan fingerprint density at radius 3 is 2.31 bits per heavy atom. The molecule has 1 aromatic heterocycles. The van der Waals surface area contributed by atoms with Crippen molar-refractivity contribution in [1.29, 1.82) is 0 Å². The van der Waals surface area contributed by atoms with Gasteiger partial charge in [-0.3, -0.25) is 14.4 Å². The van der Waals surface area contributed by atoms with Gasteiger partial charge in [0.1, 0.15) is 23.8 Å². The molecule has 6 aromatic rings. The Morgan fingerprint density at radius 1 is 0.808 bits per heavy atom. The highest BCUT2D eigenvalue weighted by molar-refractivity contribution is 8.00. The molecule has 0 spiro atoms. The van der Waals surface area contributed by atoms with Crippen molar-refractivity contribution in [3.05, 3.63) is 161 Å². The molecule has 3 amide bonds. The number of hydrogen-bond acceptors (Lipinski definition) is 8. The average Bonchev–Trinajstić information content (AvgIpc) is 3.65. The number of rotatable bonds is 14. The quantitative estimate of drug-likeness (QED) is 0.0761. The van der Waals surface area contributed by atoms with Crippen LogP contribution < -0.4 is 25.4 Å². The Balaban J connectivity index is 1.09. The van der Waals surface area contributed by atoms with E-state index in [-0.39, 0.29) is 17.4 Å². The minimum Gasteiger partial charge on any atom is -0.496 e. The smallest absolute Gasteiger partial charge is 0.272 e. The van der Waals surface area contributed by atoms with Gasteiger partial charge in [0.15, 0.2) is 5.13 Å². The van der Waals surface area contributed by atoms with Crippen LogP contribution in [0.3, 0.4) is 0 Å². The van der Waals surface area contributed by atoms with Crippen LogP contribution in [0.25, 0.3) is 17.3 Å². The zero-order valence-corrected chi connectivity index (χ0v) is 29.7. The maximum Gasteiger partial charge on any atom is 0.272 e. The average molecular weight is 727 g/mol. The van der Waals surface area contributed by atoms with Crippen LogP contribution in [-0.2, 0) is 16.2 Å². The molecule has 5 aromatic carbocycles. The molecule has 9 nitrogen and oxygen atoms in total. The van der Waals surface area contributed by atoms with Crippen LogP contribution in [0.2, 0.25) is 0 Å². The van der Waals surface area contributed by atoms with E-state index in [0.717, 1.165) is 16.0 Å². The van der Waals surface area contributed by atoms with Gasteiger partial charge in [-0.25, -0.2) is 4.98 Å². The SMILES string of the molecule is COc1ccccc1-c1csc(NC(=O)CSc2cccc(NC(=O)/C(=C/c3ccc(OCc4ccccc4)cc3)NC(=O)c3ccccc3)c2)n1. The second-order valence-corrected chi connectivity index (χ2v) is 13.2. The monoisotopic (exact) mass is 726 g/mol. The summed E-state index contributed by atoms with van der Waals surface area (Å²) in [7, 11) is 1.61. The largest absolute Gasteiger partial charge is 0.496 e. The normalized spacial score (nSPS) is 11.0. The molecule has 0 fully saturated rings. The first-order valence-corrected chi connectivity index (χ1v) is 18.1. The highest BCUT2D eigenvalue weighted by atomic mass is 32.2. The highest BCUT2D eigenvalue weighted by Gasteiger charge is 2.16. The zero-order chi connectivity index (χ0) is 36.1. The molecule has 260 valence electrons. The first-order valence-electron chi connectivity index (χ1n) is 16.2. The van der Waals surface area contributed by atoms with E-state index in [1.807, 2.05) is 96.4 Å². The van der Waals surface area contributed by atoms with E-state index in [9.17, 15) is 14.4 Å². The van der Waals surface area contributed by atoms with Gasteiger partial charge in [-0.1, -0.05) is 78.9 Å². The lowest BCUT2D eigenvalue weighted by atomic mass is 10.1. The molecule has 0 unspecified atom stereocenters. The van der Waals surface area contributed by atoms with Gasteiger partial charge >= 0.3 is 0 Å². The summed E-state index contributed by atoms with van der Waals surface area (Å²) in [6.07, 6.45) is 1.61. The summed E-state index contributed by atoms with van der Waals surface area (Å²) in [5, 5.41) is 10.9. The molecule has 52 heavy (non-hydrogen) atoms. The molecule has 0 atom stereocenters. The van der Waals surface area contributed by atoms with Crippen LogP contribution in [0.4, 0.5) is 10.8 Å². The van der Waals surface area contributed by atoms with Gasteiger partial charge in [-0.2, -0.15) is 0 Å². The number of aromatic nitrogens is 1. The van der Waals surface area contributed by atoms with E-state index >= 15 is 0 Å². The topological polar surface area (TPSA) is 119 Å². The number of hydrogen-bond donors (Lipinski definition) is 3. The summed E-state index contributed by atoms with van der Waals surface area (Å²) in [6, 6.07) is 40.5. The first-order chi connectivity index (χ1) is 25.4. The number of ether oxygens (including phenoxy) is 2. The standard InChI is InChI=1S/C41H34N4O5S2/c1-49-37-18-9-8-17-34(37)36-26-52-41(44-36)45-38(46)27-51-33-16-10-15-31(24-33)42-40(48)35(43-39(47)30-13-6-3-7-14-30)23-28-19-21-32(22-20-28)50-25-29-11-4-2-5-12-29/h2-24,26H,25,27H2,1H3,(H,42,48)(H,43,47)(H,44,45,46)/b35-23-. The number of carbonyl (C=O) groups excluding carboxylic acids is 3. The lowest BCUT2D eigenvalue weighted by molar-refractivity contribution is -0.114. The molecule has 0 aliphatic carbocycles. The van der Waals surface area contributed by atoms with Crippen molar-refractivity contribution in [3.63, 3.8) is 0 Å². The Labute approximate surface area is 309 Å². The first kappa shape index (κ1) is 35.6. The maximum atomic E-state index is 13.6. The van der Waals surface area contributed by atoms with Gasteiger partial charge in [0.25, 0.3) is 11.8 Å². The molecule has 3 N–H and O–H groups in total. The molecule has 0 aliphatic heterocycles. The van der Waals surface area contributed by atoms with Crippen LogP contribution in [-0.4, -0.2) is 35.6 Å². The second-order valence-electron chi connectivity index (χ2n) is 11.3. The van der Waals surface area contributed by atoms with Crippen molar-refractivity contribution in [2.24, 2.45) is 0 Å². The molecular weight excluding hydrogens is 693 g/mol. The van der Waals surface area contributed by atoms with Gasteiger partial charge in [-0.05, 0) is 71.8 Å². The van der Waals surface area contributed by atoms with E-state index in [1.54, 1.807) is 55.7 Å². The second kappa shape index (κ2) is 17.7. The van der Waals surface area contributed by atoms with Crippen molar-refractivity contribution in [2.75, 3.05) is 23.5 Å². The van der Waals surface area contributed by atoms with Gasteiger partial charge in [0.2, 0.25) is 5.91 Å². The third-order valence-electron chi connectivity index (χ3n) is 7.56. The van der Waals surface area contributed by atoms with E-state index in [2.05, 4.69) is 20.9 Å². The Kier molecular flexibility index (Phi) is 12.1.